The highest BCUT2D eigenvalue weighted by atomic mass is 32.2. The van der Waals surface area contributed by atoms with Crippen LogP contribution in [-0.2, 0) is 10.3 Å². The van der Waals surface area contributed by atoms with Gasteiger partial charge in [-0.05, 0) is 56.2 Å². The zero-order valence-electron chi connectivity index (χ0n) is 15.0. The van der Waals surface area contributed by atoms with E-state index in [1.807, 2.05) is 20.8 Å². The number of nitrogens with one attached hydrogen (secondary N) is 2. The first-order valence-electron chi connectivity index (χ1n) is 8.46. The Morgan fingerprint density at radius 2 is 2.00 bits per heavy atom. The van der Waals surface area contributed by atoms with Crippen LogP contribution in [0.4, 0.5) is 5.69 Å². The predicted octanol–water partition coefficient (Wildman–Crippen LogP) is 2.05. The minimum atomic E-state index is -0.268. The molecular weight excluding hydrogens is 352 g/mol. The van der Waals surface area contributed by atoms with Crippen LogP contribution in [0.2, 0.25) is 0 Å². The van der Waals surface area contributed by atoms with Gasteiger partial charge >= 0.3 is 0 Å². The molecule has 1 fully saturated rings. The number of amides is 2. The maximum Gasteiger partial charge on any atom is 0.253 e. The largest absolute Gasteiger partial charge is 0.349 e. The van der Waals surface area contributed by atoms with Crippen LogP contribution in [0.15, 0.2) is 29.4 Å². The minimum Gasteiger partial charge on any atom is -0.349 e. The summed E-state index contributed by atoms with van der Waals surface area (Å²) in [6.45, 7) is 5.96. The zero-order chi connectivity index (χ0) is 18.7. The van der Waals surface area contributed by atoms with Crippen LogP contribution < -0.4 is 10.6 Å². The van der Waals surface area contributed by atoms with Crippen LogP contribution in [0.25, 0.3) is 0 Å². The Morgan fingerprint density at radius 3 is 2.69 bits per heavy atom. The Hall–Kier alpha value is -2.42. The maximum absolute atomic E-state index is 12.3. The maximum atomic E-state index is 12.3. The number of tetrazole rings is 1. The number of rotatable bonds is 6. The summed E-state index contributed by atoms with van der Waals surface area (Å²) in [6, 6.07) is 7.27. The van der Waals surface area contributed by atoms with Gasteiger partial charge in [0, 0.05) is 6.04 Å². The number of carbonyl (C=O) groups is 2. The molecule has 0 aliphatic heterocycles. The highest BCUT2D eigenvalue weighted by molar-refractivity contribution is 7.99. The van der Waals surface area contributed by atoms with Gasteiger partial charge in [-0.25, -0.2) is 4.68 Å². The summed E-state index contributed by atoms with van der Waals surface area (Å²) in [7, 11) is 0. The molecule has 0 saturated heterocycles. The predicted molar refractivity (Wildman–Crippen MR) is 99.1 cm³/mol. The first-order chi connectivity index (χ1) is 12.3. The lowest BCUT2D eigenvalue weighted by Gasteiger charge is -2.19. The fraction of sp³-hybridized carbons (Fsp3) is 0.471. The Balaban J connectivity index is 1.62. The Morgan fingerprint density at radius 1 is 1.27 bits per heavy atom. The van der Waals surface area contributed by atoms with Gasteiger partial charge in [0.05, 0.1) is 22.5 Å². The monoisotopic (exact) mass is 374 g/mol. The van der Waals surface area contributed by atoms with Crippen molar-refractivity contribution < 1.29 is 9.59 Å². The van der Waals surface area contributed by atoms with Gasteiger partial charge in [0.1, 0.15) is 0 Å². The number of carbonyl (C=O) groups excluding carboxylic acids is 2. The second kappa shape index (κ2) is 7.45. The molecule has 0 bridgehead atoms. The summed E-state index contributed by atoms with van der Waals surface area (Å²) in [5.74, 6) is -0.229. The standard InChI is InChI=1S/C17H22N6O2S/c1-17(2,3)23-16(20-21-22-23)26-10-14(24)19-13-7-5-4-6-12(13)15(25)18-11-8-9-11/h4-7,11H,8-10H2,1-3H3,(H,18,25)(H,19,24). The third kappa shape index (κ3) is 4.60. The molecular formula is C17H22N6O2S. The van der Waals surface area contributed by atoms with E-state index in [0.29, 0.717) is 16.4 Å². The molecule has 9 heteroatoms. The van der Waals surface area contributed by atoms with Crippen molar-refractivity contribution in [2.45, 2.75) is 50.4 Å². The number of nitrogens with zero attached hydrogens (tertiary/aromatic N) is 4. The number of hydrogen-bond acceptors (Lipinski definition) is 6. The fourth-order valence-corrected chi connectivity index (χ4v) is 3.15. The molecule has 8 nitrogen and oxygen atoms in total. The quantitative estimate of drug-likeness (QED) is 0.751. The average molecular weight is 374 g/mol. The average Bonchev–Trinajstić information content (AvgIpc) is 3.25. The van der Waals surface area contributed by atoms with E-state index in [2.05, 4.69) is 26.2 Å². The van der Waals surface area contributed by atoms with E-state index in [4.69, 9.17) is 0 Å². The molecule has 0 radical (unpaired) electrons. The number of thioether (sulfide) groups is 1. The van der Waals surface area contributed by atoms with E-state index >= 15 is 0 Å². The van der Waals surface area contributed by atoms with E-state index in [-0.39, 0.29) is 29.1 Å². The second-order valence-electron chi connectivity index (χ2n) is 7.17. The summed E-state index contributed by atoms with van der Waals surface area (Å²) >= 11 is 1.26. The third-order valence-corrected chi connectivity index (χ3v) is 4.69. The van der Waals surface area contributed by atoms with Crippen LogP contribution >= 0.6 is 11.8 Å². The molecule has 0 atom stereocenters. The number of benzene rings is 1. The number of hydrogen-bond donors (Lipinski definition) is 2. The SMILES string of the molecule is CC(C)(C)n1nnnc1SCC(=O)Nc1ccccc1C(=O)NC1CC1. The van der Waals surface area contributed by atoms with Crippen molar-refractivity contribution >= 4 is 29.3 Å². The smallest absolute Gasteiger partial charge is 0.253 e. The molecule has 26 heavy (non-hydrogen) atoms. The first kappa shape index (κ1) is 18.4. The van der Waals surface area contributed by atoms with E-state index in [1.165, 1.54) is 11.8 Å². The van der Waals surface area contributed by atoms with Gasteiger partial charge in [0.2, 0.25) is 11.1 Å². The molecule has 3 rings (SSSR count). The van der Waals surface area contributed by atoms with Gasteiger partial charge in [-0.3, -0.25) is 9.59 Å². The minimum absolute atomic E-state index is 0.148. The molecule has 0 spiro atoms. The fourth-order valence-electron chi connectivity index (χ4n) is 2.29. The van der Waals surface area contributed by atoms with Crippen LogP contribution in [0.5, 0.6) is 0 Å². The van der Waals surface area contributed by atoms with Gasteiger partial charge in [-0.1, -0.05) is 23.9 Å². The topological polar surface area (TPSA) is 102 Å². The highest BCUT2D eigenvalue weighted by Crippen LogP contribution is 2.23. The molecule has 1 aromatic heterocycles. The molecule has 1 aromatic carbocycles. The molecule has 1 saturated carbocycles. The van der Waals surface area contributed by atoms with Gasteiger partial charge in [-0.15, -0.1) is 5.10 Å². The summed E-state index contributed by atoms with van der Waals surface area (Å²) in [6.07, 6.45) is 2.03. The molecule has 2 N–H and O–H groups in total. The number of anilines is 1. The Labute approximate surface area is 156 Å². The number of aromatic nitrogens is 4. The van der Waals surface area contributed by atoms with Crippen molar-refractivity contribution in [3.8, 4) is 0 Å². The summed E-state index contributed by atoms with van der Waals surface area (Å²) in [4.78, 5) is 24.6. The molecule has 138 valence electrons. The van der Waals surface area contributed by atoms with E-state index in [9.17, 15) is 9.59 Å². The van der Waals surface area contributed by atoms with Crippen LogP contribution in [-0.4, -0.2) is 43.8 Å². The lowest BCUT2D eigenvalue weighted by atomic mass is 10.1. The first-order valence-corrected chi connectivity index (χ1v) is 9.44. The third-order valence-electron chi connectivity index (χ3n) is 3.77. The van der Waals surface area contributed by atoms with E-state index < -0.39 is 0 Å². The molecule has 0 unspecified atom stereocenters. The Kier molecular flexibility index (Phi) is 5.26. The van der Waals surface area contributed by atoms with Crippen molar-refractivity contribution in [1.82, 2.24) is 25.5 Å². The summed E-state index contributed by atoms with van der Waals surface area (Å²) in [5.41, 5.74) is 0.708. The second-order valence-corrected chi connectivity index (χ2v) is 8.12. The van der Waals surface area contributed by atoms with E-state index in [0.717, 1.165) is 12.8 Å². The van der Waals surface area contributed by atoms with Crippen LogP contribution in [0, 0.1) is 0 Å². The molecule has 2 amide bonds. The molecule has 1 aliphatic rings. The van der Waals surface area contributed by atoms with E-state index in [1.54, 1.807) is 28.9 Å². The van der Waals surface area contributed by atoms with Crippen molar-refractivity contribution in [2.75, 3.05) is 11.1 Å². The van der Waals surface area contributed by atoms with Gasteiger partial charge in [-0.2, -0.15) is 0 Å². The van der Waals surface area contributed by atoms with Crippen molar-refractivity contribution in [3.63, 3.8) is 0 Å². The van der Waals surface area contributed by atoms with Crippen LogP contribution in [0.1, 0.15) is 44.0 Å². The number of para-hydroxylation sites is 1. The molecule has 2 aromatic rings. The normalized spacial score (nSPS) is 14.1. The molecule has 1 aliphatic carbocycles. The highest BCUT2D eigenvalue weighted by Gasteiger charge is 2.25. The van der Waals surface area contributed by atoms with Gasteiger partial charge in [0.15, 0.2) is 0 Å². The van der Waals surface area contributed by atoms with Gasteiger partial charge in [0.25, 0.3) is 5.91 Å². The van der Waals surface area contributed by atoms with Crippen LogP contribution in [0.3, 0.4) is 0 Å². The van der Waals surface area contributed by atoms with Crippen molar-refractivity contribution in [2.24, 2.45) is 0 Å². The summed E-state index contributed by atoms with van der Waals surface area (Å²) < 4.78 is 1.68. The van der Waals surface area contributed by atoms with Crippen molar-refractivity contribution in [3.05, 3.63) is 29.8 Å². The zero-order valence-corrected chi connectivity index (χ0v) is 15.8. The van der Waals surface area contributed by atoms with Gasteiger partial charge < -0.3 is 10.6 Å². The lowest BCUT2D eigenvalue weighted by molar-refractivity contribution is -0.113. The van der Waals surface area contributed by atoms with Crippen molar-refractivity contribution in [1.29, 1.82) is 0 Å². The molecule has 1 heterocycles. The lowest BCUT2D eigenvalue weighted by Crippen LogP contribution is -2.27. The Bertz CT molecular complexity index is 810. The summed E-state index contributed by atoms with van der Waals surface area (Å²) in [5, 5.41) is 17.9.